The highest BCUT2D eigenvalue weighted by Crippen LogP contribution is 2.31. The summed E-state index contributed by atoms with van der Waals surface area (Å²) in [4.78, 5) is 0.698. The van der Waals surface area contributed by atoms with Gasteiger partial charge in [-0.25, -0.2) is 0 Å². The number of methoxy groups -OCH3 is 1. The van der Waals surface area contributed by atoms with Crippen LogP contribution in [0, 0.1) is 5.92 Å². The van der Waals surface area contributed by atoms with Gasteiger partial charge in [0.05, 0.1) is 13.2 Å². The van der Waals surface area contributed by atoms with Gasteiger partial charge in [0, 0.05) is 24.3 Å². The Kier molecular flexibility index (Phi) is 6.45. The van der Waals surface area contributed by atoms with E-state index in [-0.39, 0.29) is 0 Å². The molecule has 0 bridgehead atoms. The lowest BCUT2D eigenvalue weighted by atomic mass is 10.1. The molecule has 0 amide bonds. The van der Waals surface area contributed by atoms with E-state index >= 15 is 0 Å². The van der Waals surface area contributed by atoms with Crippen LogP contribution in [0.1, 0.15) is 6.42 Å². The molecule has 2 atom stereocenters. The lowest BCUT2D eigenvalue weighted by Gasteiger charge is -2.12. The van der Waals surface area contributed by atoms with Crippen molar-refractivity contribution in [1.29, 1.82) is 0 Å². The molecule has 4 heteroatoms. The summed E-state index contributed by atoms with van der Waals surface area (Å²) in [6, 6.07) is 0. The van der Waals surface area contributed by atoms with Gasteiger partial charge >= 0.3 is 0 Å². The summed E-state index contributed by atoms with van der Waals surface area (Å²) >= 11 is 5.72. The molecule has 1 aliphatic heterocycles. The van der Waals surface area contributed by atoms with Crippen molar-refractivity contribution in [1.82, 2.24) is 0 Å². The molecule has 1 fully saturated rings. The Hall–Kier alpha value is 0.750. The zero-order valence-electron chi connectivity index (χ0n) is 8.00. The van der Waals surface area contributed by atoms with Crippen LogP contribution in [0.15, 0.2) is 0 Å². The van der Waals surface area contributed by atoms with Crippen molar-refractivity contribution in [3.63, 3.8) is 0 Å². The molecule has 1 saturated heterocycles. The van der Waals surface area contributed by atoms with Crippen LogP contribution < -0.4 is 0 Å². The topological polar surface area (TPSA) is 18.5 Å². The summed E-state index contributed by atoms with van der Waals surface area (Å²) in [5.74, 6) is 3.33. The average molecular weight is 269 g/mol. The Morgan fingerprint density at radius 1 is 1.31 bits per heavy atom. The van der Waals surface area contributed by atoms with Crippen molar-refractivity contribution >= 4 is 27.7 Å². The van der Waals surface area contributed by atoms with E-state index in [1.807, 2.05) is 11.8 Å². The molecule has 2 unspecified atom stereocenters. The third-order valence-electron chi connectivity index (χ3n) is 2.19. The number of rotatable bonds is 6. The van der Waals surface area contributed by atoms with Gasteiger partial charge in [-0.1, -0.05) is 15.9 Å². The van der Waals surface area contributed by atoms with Crippen LogP contribution in [-0.4, -0.2) is 43.3 Å². The van der Waals surface area contributed by atoms with Crippen LogP contribution in [0.3, 0.4) is 0 Å². The summed E-state index contributed by atoms with van der Waals surface area (Å²) in [6.45, 7) is 2.30. The summed E-state index contributed by atoms with van der Waals surface area (Å²) in [5.41, 5.74) is 0. The van der Waals surface area contributed by atoms with Crippen molar-refractivity contribution in [3.05, 3.63) is 0 Å². The number of thioether (sulfide) groups is 1. The smallest absolute Gasteiger partial charge is 0.0700 e. The third-order valence-corrected chi connectivity index (χ3v) is 4.94. The zero-order valence-corrected chi connectivity index (χ0v) is 10.4. The first-order chi connectivity index (χ1) is 6.34. The fourth-order valence-corrected chi connectivity index (χ4v) is 3.91. The van der Waals surface area contributed by atoms with E-state index in [1.54, 1.807) is 7.11 Å². The number of ether oxygens (including phenoxy) is 2. The van der Waals surface area contributed by atoms with E-state index in [9.17, 15) is 0 Å². The average Bonchev–Trinajstić information content (AvgIpc) is 2.52. The Bertz CT molecular complexity index is 135. The minimum Gasteiger partial charge on any atom is -0.382 e. The van der Waals surface area contributed by atoms with Crippen molar-refractivity contribution < 1.29 is 9.47 Å². The van der Waals surface area contributed by atoms with Crippen molar-refractivity contribution in [2.24, 2.45) is 5.92 Å². The minimum absolute atomic E-state index is 0.698. The maximum atomic E-state index is 5.43. The van der Waals surface area contributed by atoms with E-state index in [2.05, 4.69) is 15.9 Å². The fraction of sp³-hybridized carbons (Fsp3) is 1.00. The molecule has 78 valence electrons. The molecule has 0 aliphatic carbocycles. The first-order valence-corrected chi connectivity index (χ1v) is 6.70. The number of hydrogen-bond acceptors (Lipinski definition) is 3. The van der Waals surface area contributed by atoms with Gasteiger partial charge in [-0.3, -0.25) is 0 Å². The van der Waals surface area contributed by atoms with Gasteiger partial charge in [-0.15, -0.1) is 0 Å². The standard InChI is InChI=1S/C9H17BrO2S/c1-11-4-5-12-3-2-8-6-13-7-9(8)10/h8-9H,2-7H2,1H3. The lowest BCUT2D eigenvalue weighted by molar-refractivity contribution is 0.0652. The molecule has 0 aromatic carbocycles. The number of halogens is 1. The van der Waals surface area contributed by atoms with Gasteiger partial charge in [-0.05, 0) is 18.1 Å². The lowest BCUT2D eigenvalue weighted by Crippen LogP contribution is -2.14. The van der Waals surface area contributed by atoms with Crippen molar-refractivity contribution in [3.8, 4) is 0 Å². The van der Waals surface area contributed by atoms with Crippen LogP contribution in [0.25, 0.3) is 0 Å². The van der Waals surface area contributed by atoms with Crippen molar-refractivity contribution in [2.75, 3.05) is 38.4 Å². The molecule has 13 heavy (non-hydrogen) atoms. The van der Waals surface area contributed by atoms with Gasteiger partial charge in [0.2, 0.25) is 0 Å². The maximum Gasteiger partial charge on any atom is 0.0700 e. The molecule has 0 aromatic rings. The van der Waals surface area contributed by atoms with Crippen LogP contribution in [0.5, 0.6) is 0 Å². The van der Waals surface area contributed by atoms with Crippen LogP contribution in [0.2, 0.25) is 0 Å². The molecule has 0 spiro atoms. The van der Waals surface area contributed by atoms with Gasteiger partial charge in [-0.2, -0.15) is 11.8 Å². The largest absolute Gasteiger partial charge is 0.382 e. The molecule has 1 rings (SSSR count). The Balaban J connectivity index is 1.93. The molecule has 2 nitrogen and oxygen atoms in total. The Labute approximate surface area is 92.9 Å². The summed E-state index contributed by atoms with van der Waals surface area (Å²) in [7, 11) is 1.70. The molecule has 0 aromatic heterocycles. The molecule has 1 heterocycles. The number of hydrogen-bond donors (Lipinski definition) is 0. The zero-order chi connectivity index (χ0) is 9.52. The van der Waals surface area contributed by atoms with Crippen molar-refractivity contribution in [2.45, 2.75) is 11.2 Å². The monoisotopic (exact) mass is 268 g/mol. The predicted molar refractivity (Wildman–Crippen MR) is 60.8 cm³/mol. The number of alkyl halides is 1. The van der Waals surface area contributed by atoms with Crippen LogP contribution >= 0.6 is 27.7 Å². The van der Waals surface area contributed by atoms with E-state index in [4.69, 9.17) is 9.47 Å². The maximum absolute atomic E-state index is 5.43. The molecule has 0 N–H and O–H groups in total. The summed E-state index contributed by atoms with van der Waals surface area (Å²) in [6.07, 6.45) is 1.17. The first kappa shape index (κ1) is 11.8. The van der Waals surface area contributed by atoms with Gasteiger partial charge in [0.25, 0.3) is 0 Å². The van der Waals surface area contributed by atoms with E-state index in [0.717, 1.165) is 19.1 Å². The fourth-order valence-electron chi connectivity index (χ4n) is 1.32. The highest BCUT2D eigenvalue weighted by molar-refractivity contribution is 9.09. The second kappa shape index (κ2) is 7.10. The molecular formula is C9H17BrO2S. The van der Waals surface area contributed by atoms with E-state index in [0.29, 0.717) is 11.4 Å². The van der Waals surface area contributed by atoms with E-state index < -0.39 is 0 Å². The summed E-state index contributed by atoms with van der Waals surface area (Å²) in [5, 5.41) is 0. The quantitative estimate of drug-likeness (QED) is 0.544. The second-order valence-corrected chi connectivity index (χ2v) is 5.46. The SMILES string of the molecule is COCCOCCC1CSCC1Br. The predicted octanol–water partition coefficient (Wildman–Crippen LogP) is 2.17. The molecule has 0 radical (unpaired) electrons. The second-order valence-electron chi connectivity index (χ2n) is 3.21. The third kappa shape index (κ3) is 4.68. The van der Waals surface area contributed by atoms with Crippen LogP contribution in [0.4, 0.5) is 0 Å². The van der Waals surface area contributed by atoms with E-state index in [1.165, 1.54) is 17.9 Å². The molecular weight excluding hydrogens is 252 g/mol. The highest BCUT2D eigenvalue weighted by Gasteiger charge is 2.24. The van der Waals surface area contributed by atoms with Gasteiger partial charge in [0.15, 0.2) is 0 Å². The first-order valence-electron chi connectivity index (χ1n) is 4.63. The Morgan fingerprint density at radius 2 is 2.15 bits per heavy atom. The van der Waals surface area contributed by atoms with Gasteiger partial charge < -0.3 is 9.47 Å². The minimum atomic E-state index is 0.698. The molecule has 1 aliphatic rings. The van der Waals surface area contributed by atoms with Gasteiger partial charge in [0.1, 0.15) is 0 Å². The summed E-state index contributed by atoms with van der Waals surface area (Å²) < 4.78 is 10.3. The normalized spacial score (nSPS) is 28.2. The van der Waals surface area contributed by atoms with Crippen LogP contribution in [-0.2, 0) is 9.47 Å². The molecule has 0 saturated carbocycles. The Morgan fingerprint density at radius 3 is 2.77 bits per heavy atom. The highest BCUT2D eigenvalue weighted by atomic mass is 79.9.